The average Bonchev–Trinajstić information content (AvgIpc) is 3.44. The van der Waals surface area contributed by atoms with Crippen LogP contribution in [0.15, 0.2) is 85.5 Å². The molecule has 1 atom stereocenters. The van der Waals surface area contributed by atoms with Crippen LogP contribution < -0.4 is 20.4 Å². The number of hydrogen-bond donors (Lipinski definition) is 1. The van der Waals surface area contributed by atoms with Gasteiger partial charge in [-0.05, 0) is 28.3 Å². The molecule has 0 aliphatic rings. The third kappa shape index (κ3) is 6.65. The van der Waals surface area contributed by atoms with E-state index in [0.717, 1.165) is 41.7 Å². The molecule has 0 saturated heterocycles. The molecule has 0 spiro atoms. The molecule has 0 unspecified atom stereocenters. The molecule has 5 rings (SSSR count). The summed E-state index contributed by atoms with van der Waals surface area (Å²) in [4.78, 5) is 13.4. The topological polar surface area (TPSA) is 87.0 Å². The maximum Gasteiger partial charge on any atom is 0.261 e. The first-order valence-corrected chi connectivity index (χ1v) is 17.4. The van der Waals surface area contributed by atoms with Crippen molar-refractivity contribution in [3.63, 3.8) is 0 Å². The SMILES string of the molecule is CCC[C@@H](CCO[Si](c1ccccc1)(c1ccccc1)C(C)(C)C)Nc1ncnc2cnn(Cc3cnc(Cl)cc3OC)c12. The number of benzene rings is 2. The van der Waals surface area contributed by atoms with Crippen molar-refractivity contribution in [2.75, 3.05) is 19.0 Å². The number of aromatic nitrogens is 5. The molecule has 0 fully saturated rings. The van der Waals surface area contributed by atoms with Gasteiger partial charge in [0.15, 0.2) is 5.82 Å². The van der Waals surface area contributed by atoms with Gasteiger partial charge in [0.2, 0.25) is 0 Å². The smallest absolute Gasteiger partial charge is 0.261 e. The lowest BCUT2D eigenvalue weighted by atomic mass is 10.1. The highest BCUT2D eigenvalue weighted by atomic mass is 35.5. The number of rotatable bonds is 13. The molecule has 44 heavy (non-hydrogen) atoms. The van der Waals surface area contributed by atoms with Gasteiger partial charge in [-0.1, -0.05) is 106 Å². The Balaban J connectivity index is 1.41. The van der Waals surface area contributed by atoms with Crippen LogP contribution in [0.1, 0.15) is 52.5 Å². The molecule has 2 aromatic carbocycles. The molecule has 0 saturated carbocycles. The molecule has 5 aromatic rings. The Labute approximate surface area is 266 Å². The minimum Gasteiger partial charge on any atom is -0.496 e. The zero-order valence-electron chi connectivity index (χ0n) is 26.1. The van der Waals surface area contributed by atoms with E-state index in [9.17, 15) is 0 Å². The van der Waals surface area contributed by atoms with E-state index < -0.39 is 8.32 Å². The first kappa shape index (κ1) is 31.6. The predicted molar refractivity (Wildman–Crippen MR) is 181 cm³/mol. The van der Waals surface area contributed by atoms with Gasteiger partial charge in [0, 0.05) is 30.5 Å². The zero-order valence-corrected chi connectivity index (χ0v) is 27.9. The molecule has 0 bridgehead atoms. The Kier molecular flexibility index (Phi) is 9.98. The highest BCUT2D eigenvalue weighted by Crippen LogP contribution is 2.37. The van der Waals surface area contributed by atoms with Crippen LogP contribution in [-0.2, 0) is 11.0 Å². The normalized spacial score (nSPS) is 12.8. The number of nitrogens with one attached hydrogen (secondary N) is 1. The fraction of sp³-hybridized carbons (Fsp3) is 0.353. The maximum atomic E-state index is 7.21. The van der Waals surface area contributed by atoms with Gasteiger partial charge in [-0.3, -0.25) is 4.68 Å². The van der Waals surface area contributed by atoms with Gasteiger partial charge in [-0.25, -0.2) is 15.0 Å². The lowest BCUT2D eigenvalue weighted by Crippen LogP contribution is -2.66. The fourth-order valence-corrected chi connectivity index (χ4v) is 10.7. The second-order valence-electron chi connectivity index (χ2n) is 12.0. The molecular formula is C34H41ClN6O2Si. The molecule has 0 radical (unpaired) electrons. The Bertz CT molecular complexity index is 1620. The number of methoxy groups -OCH3 is 1. The molecular weight excluding hydrogens is 588 g/mol. The van der Waals surface area contributed by atoms with Gasteiger partial charge in [0.1, 0.15) is 28.3 Å². The molecule has 3 aromatic heterocycles. The molecule has 0 amide bonds. The number of pyridine rings is 1. The van der Waals surface area contributed by atoms with Crippen molar-refractivity contribution in [3.8, 4) is 5.75 Å². The summed E-state index contributed by atoms with van der Waals surface area (Å²) in [5, 5.41) is 11.2. The monoisotopic (exact) mass is 628 g/mol. The highest BCUT2D eigenvalue weighted by Gasteiger charge is 2.50. The highest BCUT2D eigenvalue weighted by molar-refractivity contribution is 6.99. The molecule has 8 nitrogen and oxygen atoms in total. The predicted octanol–water partition coefficient (Wildman–Crippen LogP) is 6.48. The Morgan fingerprint density at radius 3 is 2.23 bits per heavy atom. The van der Waals surface area contributed by atoms with Gasteiger partial charge in [-0.15, -0.1) is 0 Å². The summed E-state index contributed by atoms with van der Waals surface area (Å²) >= 11 is 6.10. The van der Waals surface area contributed by atoms with E-state index in [1.54, 1.807) is 31.9 Å². The van der Waals surface area contributed by atoms with Crippen molar-refractivity contribution >= 4 is 47.1 Å². The van der Waals surface area contributed by atoms with Crippen molar-refractivity contribution in [1.82, 2.24) is 24.7 Å². The van der Waals surface area contributed by atoms with E-state index >= 15 is 0 Å². The van der Waals surface area contributed by atoms with E-state index in [4.69, 9.17) is 20.8 Å². The zero-order chi connectivity index (χ0) is 31.2. The second-order valence-corrected chi connectivity index (χ2v) is 16.7. The van der Waals surface area contributed by atoms with Crippen LogP contribution in [0.4, 0.5) is 5.82 Å². The number of nitrogens with zero attached hydrogens (tertiary/aromatic N) is 5. The summed E-state index contributed by atoms with van der Waals surface area (Å²) in [6.45, 7) is 10.2. The van der Waals surface area contributed by atoms with E-state index in [1.807, 2.05) is 4.68 Å². The van der Waals surface area contributed by atoms with Crippen molar-refractivity contribution in [1.29, 1.82) is 0 Å². The summed E-state index contributed by atoms with van der Waals surface area (Å²) in [6.07, 6.45) is 7.89. The van der Waals surface area contributed by atoms with Crippen molar-refractivity contribution in [2.45, 2.75) is 64.6 Å². The summed E-state index contributed by atoms with van der Waals surface area (Å²) in [5.74, 6) is 1.40. The van der Waals surface area contributed by atoms with E-state index in [2.05, 4.69) is 114 Å². The Morgan fingerprint density at radius 1 is 0.932 bits per heavy atom. The number of anilines is 1. The summed E-state index contributed by atoms with van der Waals surface area (Å²) in [7, 11) is -1.00. The second kappa shape index (κ2) is 13.9. The molecule has 230 valence electrons. The van der Waals surface area contributed by atoms with Gasteiger partial charge >= 0.3 is 0 Å². The largest absolute Gasteiger partial charge is 0.496 e. The lowest BCUT2D eigenvalue weighted by Gasteiger charge is -2.43. The third-order valence-corrected chi connectivity index (χ3v) is 13.3. The molecule has 0 aliphatic carbocycles. The van der Waals surface area contributed by atoms with Crippen molar-refractivity contribution in [2.24, 2.45) is 0 Å². The molecule has 1 N–H and O–H groups in total. The van der Waals surface area contributed by atoms with Crippen LogP contribution in [0, 0.1) is 0 Å². The van der Waals surface area contributed by atoms with Gasteiger partial charge in [-0.2, -0.15) is 5.10 Å². The molecule has 3 heterocycles. The van der Waals surface area contributed by atoms with Crippen molar-refractivity contribution < 1.29 is 9.16 Å². The van der Waals surface area contributed by atoms with Crippen molar-refractivity contribution in [3.05, 3.63) is 96.2 Å². The maximum absolute atomic E-state index is 7.21. The Hall–Kier alpha value is -3.79. The van der Waals surface area contributed by atoms with Gasteiger partial charge < -0.3 is 14.5 Å². The minimum absolute atomic E-state index is 0.0771. The Morgan fingerprint density at radius 2 is 1.61 bits per heavy atom. The lowest BCUT2D eigenvalue weighted by molar-refractivity contribution is 0.281. The van der Waals surface area contributed by atoms with Crippen LogP contribution in [0.3, 0.4) is 0 Å². The fourth-order valence-electron chi connectivity index (χ4n) is 6.01. The van der Waals surface area contributed by atoms with Crippen LogP contribution in [0.5, 0.6) is 5.75 Å². The first-order chi connectivity index (χ1) is 21.3. The molecule has 0 aliphatic heterocycles. The summed E-state index contributed by atoms with van der Waals surface area (Å²) in [6, 6.07) is 23.4. The van der Waals surface area contributed by atoms with E-state index in [0.29, 0.717) is 24.1 Å². The van der Waals surface area contributed by atoms with E-state index in [1.165, 1.54) is 10.4 Å². The standard InChI is InChI=1S/C34H41ClN6O2Si/c1-6-13-26(18-19-43-44(34(2,3)4,27-14-9-7-10-15-27)28-16-11-8-12-17-28)40-33-32-29(37-24-38-33)22-39-41(32)23-25-21-36-31(35)20-30(25)42-5/h7-12,14-17,20-22,24,26H,6,13,18-19,23H2,1-5H3,(H,37,38,40)/t26-/m0/s1. The first-order valence-electron chi connectivity index (χ1n) is 15.1. The summed E-state index contributed by atoms with van der Waals surface area (Å²) < 4.78 is 14.6. The van der Waals surface area contributed by atoms with Crippen LogP contribution in [0.25, 0.3) is 11.0 Å². The number of halogens is 1. The molecule has 10 heteroatoms. The quantitative estimate of drug-likeness (QED) is 0.118. The number of ether oxygens (including phenoxy) is 1. The van der Waals surface area contributed by atoms with Crippen LogP contribution >= 0.6 is 11.6 Å². The third-order valence-electron chi connectivity index (χ3n) is 8.06. The van der Waals surface area contributed by atoms with Crippen LogP contribution in [-0.4, -0.2) is 52.8 Å². The van der Waals surface area contributed by atoms with Gasteiger partial charge in [0.05, 0.1) is 19.9 Å². The number of hydrogen-bond acceptors (Lipinski definition) is 7. The minimum atomic E-state index is -2.62. The van der Waals surface area contributed by atoms with Crippen LogP contribution in [0.2, 0.25) is 10.2 Å². The van der Waals surface area contributed by atoms with E-state index in [-0.39, 0.29) is 11.1 Å². The number of fused-ring (bicyclic) bond motifs is 1. The summed E-state index contributed by atoms with van der Waals surface area (Å²) in [5.41, 5.74) is 2.46. The van der Waals surface area contributed by atoms with Gasteiger partial charge in [0.25, 0.3) is 8.32 Å². The average molecular weight is 629 g/mol.